The molecule has 2 aliphatic heterocycles. The average Bonchev–Trinajstić information content (AvgIpc) is 1.61. The number of quaternary nitrogens is 1. The fourth-order valence-electron chi connectivity index (χ4n) is 11.2. The Bertz CT molecular complexity index is 3280. The van der Waals surface area contributed by atoms with Gasteiger partial charge in [-0.3, -0.25) is 23.4 Å². The number of nitrogens with one attached hydrogen (secondary N) is 1. The molecule has 24 heteroatoms. The molecule has 0 bridgehead atoms. The molecule has 6 rings (SSSR count). The Labute approximate surface area is 570 Å². The zero-order valence-corrected chi connectivity index (χ0v) is 60.7. The third-order valence-corrected chi connectivity index (χ3v) is 18.4. The molecule has 0 saturated heterocycles. The molecule has 2 unspecified atom stereocenters. The Hall–Kier alpha value is -4.36. The van der Waals surface area contributed by atoms with Crippen molar-refractivity contribution < 1.29 is 113 Å². The molecule has 3 aromatic rings. The summed E-state index contributed by atoms with van der Waals surface area (Å²) in [6.45, 7) is 19.0. The smallest absolute Gasteiger partial charge is 0.744 e. The Balaban J connectivity index is 0.0000150. The van der Waals surface area contributed by atoms with Gasteiger partial charge in [0.2, 0.25) is 11.6 Å². The topological polar surface area (TPSA) is 238 Å². The molecule has 0 radical (unpaired) electrons. The Morgan fingerprint density at radius 1 is 0.780 bits per heavy atom. The number of unbranched alkanes of at least 4 members (excludes halogenated alkanes) is 2. The van der Waals surface area contributed by atoms with Crippen molar-refractivity contribution in [3.05, 3.63) is 131 Å². The predicted octanol–water partition coefficient (Wildman–Crippen LogP) is 7.89. The van der Waals surface area contributed by atoms with Gasteiger partial charge in [0, 0.05) is 60.4 Å². The fraction of sp³-hybridized carbons (Fsp3) is 0.552. The number of rotatable bonds is 37. The number of phosphoric ester groups is 1. The monoisotopic (exact) mass is 1380 g/mol. The summed E-state index contributed by atoms with van der Waals surface area (Å²) in [7, 11) is -3.23. The van der Waals surface area contributed by atoms with Crippen LogP contribution in [0.4, 0.5) is 11.4 Å². The molecule has 2 atom stereocenters. The van der Waals surface area contributed by atoms with Crippen LogP contribution in [0.5, 0.6) is 5.75 Å². The maximum absolute atomic E-state index is 13.4. The largest absolute Gasteiger partial charge is 1.00 e. The molecule has 0 fully saturated rings. The molecule has 20 nitrogen and oxygen atoms in total. The quantitative estimate of drug-likeness (QED) is 0.00815. The molecule has 91 heavy (non-hydrogen) atoms. The van der Waals surface area contributed by atoms with Crippen LogP contribution in [0.2, 0.25) is 0 Å². The van der Waals surface area contributed by atoms with Crippen molar-refractivity contribution >= 4 is 68.8 Å². The van der Waals surface area contributed by atoms with Gasteiger partial charge < -0.3 is 52.6 Å². The molecule has 496 valence electrons. The minimum absolute atomic E-state index is 0. The van der Waals surface area contributed by atoms with E-state index >= 15 is 0 Å². The van der Waals surface area contributed by atoms with Crippen molar-refractivity contribution in [1.82, 2.24) is 5.32 Å². The van der Waals surface area contributed by atoms with Crippen molar-refractivity contribution in [2.45, 2.75) is 127 Å². The number of fused-ring (bicyclic) bond motifs is 2. The number of carbonyl (C=O) groups excluding carboxylic acids is 3. The fourth-order valence-corrected chi connectivity index (χ4v) is 13.1. The van der Waals surface area contributed by atoms with Gasteiger partial charge >= 0.3 is 49.3 Å². The van der Waals surface area contributed by atoms with Crippen LogP contribution in [0.1, 0.15) is 118 Å². The second kappa shape index (κ2) is 34.9. The van der Waals surface area contributed by atoms with Gasteiger partial charge in [-0.25, -0.2) is 13.0 Å². The molecule has 1 amide bonds. The van der Waals surface area contributed by atoms with Crippen LogP contribution in [0, 0.1) is 5.41 Å². The third-order valence-electron chi connectivity index (χ3n) is 16.0. The first-order valence-electron chi connectivity index (χ1n) is 31.0. The number of carbonyl (C=O) groups is 3. The molecule has 1 aliphatic carbocycles. The average molecular weight is 1380 g/mol. The molecule has 2 heterocycles. The first-order chi connectivity index (χ1) is 42.4. The minimum atomic E-state index is -4.66. The van der Waals surface area contributed by atoms with E-state index < -0.39 is 45.0 Å². The van der Waals surface area contributed by atoms with E-state index in [4.69, 9.17) is 37.5 Å². The number of benzene rings is 3. The summed E-state index contributed by atoms with van der Waals surface area (Å²) in [6.07, 6.45) is 14.6. The number of esters is 2. The number of phosphoric acid groups is 1. The van der Waals surface area contributed by atoms with Crippen LogP contribution in [-0.2, 0) is 72.6 Å². The van der Waals surface area contributed by atoms with Crippen molar-refractivity contribution in [1.29, 1.82) is 0 Å². The van der Waals surface area contributed by atoms with Crippen LogP contribution in [0.3, 0.4) is 0 Å². The number of ether oxygens (including phenoxy) is 6. The Morgan fingerprint density at radius 2 is 1.38 bits per heavy atom. The molecule has 2 N–H and O–H groups in total. The molecular formula is C67H95BrN4NaO16PS+2. The summed E-state index contributed by atoms with van der Waals surface area (Å²) >= 11 is 3.37. The van der Waals surface area contributed by atoms with Crippen LogP contribution >= 0.6 is 23.8 Å². The maximum Gasteiger partial charge on any atom is 1.00 e. The maximum atomic E-state index is 13.4. The van der Waals surface area contributed by atoms with Crippen LogP contribution in [-0.4, -0.2) is 168 Å². The predicted molar refractivity (Wildman–Crippen MR) is 349 cm³/mol. The first kappa shape index (κ1) is 77.3. The summed E-state index contributed by atoms with van der Waals surface area (Å²) in [5, 5.41) is 2.99. The number of para-hydroxylation sites is 2. The third kappa shape index (κ3) is 22.9. The zero-order valence-electron chi connectivity index (χ0n) is 55.4. The Kier molecular flexibility index (Phi) is 29.6. The minimum Gasteiger partial charge on any atom is -0.744 e. The van der Waals surface area contributed by atoms with E-state index in [0.717, 1.165) is 73.2 Å². The van der Waals surface area contributed by atoms with Crippen molar-refractivity contribution in [2.75, 3.05) is 118 Å². The first-order valence-corrected chi connectivity index (χ1v) is 34.7. The van der Waals surface area contributed by atoms with E-state index in [-0.39, 0.29) is 111 Å². The van der Waals surface area contributed by atoms with Crippen LogP contribution < -0.4 is 44.5 Å². The molecule has 3 aliphatic rings. The summed E-state index contributed by atoms with van der Waals surface area (Å²) < 4.78 is 93.7. The van der Waals surface area contributed by atoms with E-state index in [2.05, 4.69) is 126 Å². The number of likely N-dealkylation sites (N-methyl/N-ethyl adjacent to an activating group) is 1. The van der Waals surface area contributed by atoms with Gasteiger partial charge in [0.15, 0.2) is 5.71 Å². The number of allylic oxidation sites excluding steroid dienone is 7. The zero-order chi connectivity index (χ0) is 66.0. The van der Waals surface area contributed by atoms with Crippen molar-refractivity contribution in [3.63, 3.8) is 0 Å². The summed E-state index contributed by atoms with van der Waals surface area (Å²) in [6, 6.07) is 22.5. The number of halogens is 1. The summed E-state index contributed by atoms with van der Waals surface area (Å²) in [4.78, 5) is 51.0. The SMILES string of the molecule is CCCCC[N+]1=C(C=CC2=C(Oc3ccc(S(=O)(=O)[O-])cc3)C(=CC=C3N(CCC(=O)NCCOCCOCCOCCOC(=O)C(C)(C)CC(C)(Br)C(=O)OCCOP(=O)(O)OCC[N+](C)(C)C)c4ccccc4C3(C)C)CCC2)C(C)(C)c2ccccc21.[Na+]. The number of alkyl halides is 1. The van der Waals surface area contributed by atoms with Gasteiger partial charge in [-0.15, -0.1) is 0 Å². The van der Waals surface area contributed by atoms with Gasteiger partial charge in [-0.1, -0.05) is 85.6 Å². The number of amides is 1. The van der Waals surface area contributed by atoms with Crippen molar-refractivity contribution in [2.24, 2.45) is 5.41 Å². The summed E-state index contributed by atoms with van der Waals surface area (Å²) in [5.74, 6) is -0.258. The Morgan fingerprint density at radius 3 is 2.04 bits per heavy atom. The van der Waals surface area contributed by atoms with Gasteiger partial charge in [-0.05, 0) is 126 Å². The molecule has 3 aromatic carbocycles. The number of nitrogens with zero attached hydrogens (tertiary/aromatic N) is 3. The number of hydrogen-bond donors (Lipinski definition) is 2. The van der Waals surface area contributed by atoms with E-state index in [0.29, 0.717) is 48.8 Å². The second-order valence-electron chi connectivity index (χ2n) is 25.6. The van der Waals surface area contributed by atoms with Gasteiger partial charge in [0.1, 0.15) is 58.9 Å². The van der Waals surface area contributed by atoms with Gasteiger partial charge in [0.25, 0.3) is 0 Å². The van der Waals surface area contributed by atoms with Gasteiger partial charge in [-0.2, -0.15) is 4.58 Å². The van der Waals surface area contributed by atoms with E-state index in [9.17, 15) is 36.8 Å². The molecule has 0 aromatic heterocycles. The molecule has 0 spiro atoms. The van der Waals surface area contributed by atoms with E-state index in [1.165, 1.54) is 41.2 Å². The molecule has 0 saturated carbocycles. The summed E-state index contributed by atoms with van der Waals surface area (Å²) in [5.41, 5.74) is 7.13. The van der Waals surface area contributed by atoms with E-state index in [1.807, 2.05) is 33.3 Å². The standard InChI is InChI=1S/C67H94BrN4O16PS.Na/c1-12-13-18-36-70-56-24-16-14-22-54(56)65(4,5)58(70)32-26-50-20-19-21-51(61(50)88-52-28-30-53(31-29-52)90(78,79)80)27-33-59-66(6,7)55-23-15-17-25-57(55)71(59)37-34-60(73)69-35-39-81-41-42-82-43-44-83-45-46-84-62(74)64(2,3)49-67(8,68)63(75)85-47-48-87-89(76,77)86-40-38-72(9,10)11;/h14-17,22-33H,12-13,18-21,34-49H2,1-11H3,(H-2,69,73,76,77,78,79,80);/q;+1/p+1. The van der Waals surface area contributed by atoms with Crippen LogP contribution in [0.25, 0.3) is 0 Å². The normalized spacial score (nSPS) is 17.8. The van der Waals surface area contributed by atoms with Gasteiger partial charge in [0.05, 0.1) is 83.1 Å². The number of anilines is 1. The van der Waals surface area contributed by atoms with E-state index in [1.54, 1.807) is 20.8 Å². The number of hydrogen-bond acceptors (Lipinski definition) is 16. The van der Waals surface area contributed by atoms with Crippen LogP contribution in [0.15, 0.2) is 125 Å². The second-order valence-corrected chi connectivity index (χ2v) is 30.2. The molecular weight excluding hydrogens is 1280 g/mol. The van der Waals surface area contributed by atoms with Crippen molar-refractivity contribution in [3.8, 4) is 5.75 Å².